The number of imide groups is 1. The van der Waals surface area contributed by atoms with Crippen LogP contribution in [-0.2, 0) is 17.5 Å². The number of nitrogens with zero attached hydrogens (tertiary/aromatic N) is 4. The Morgan fingerprint density at radius 1 is 0.923 bits per heavy atom. The lowest BCUT2D eigenvalue weighted by molar-refractivity contribution is -0.139. The fourth-order valence-electron chi connectivity index (χ4n) is 4.48. The van der Waals surface area contributed by atoms with Crippen molar-refractivity contribution < 1.29 is 27.6 Å². The third kappa shape index (κ3) is 5.83. The van der Waals surface area contributed by atoms with Crippen LogP contribution in [0.15, 0.2) is 77.8 Å². The topological polar surface area (TPSA) is 73.8 Å². The van der Waals surface area contributed by atoms with E-state index in [0.717, 1.165) is 16.8 Å². The van der Waals surface area contributed by atoms with Crippen LogP contribution in [0.4, 0.5) is 23.8 Å². The van der Waals surface area contributed by atoms with Crippen LogP contribution < -0.4 is 4.90 Å². The molecule has 2 aliphatic heterocycles. The van der Waals surface area contributed by atoms with Crippen LogP contribution >= 0.6 is 11.8 Å². The predicted molar refractivity (Wildman–Crippen MR) is 142 cm³/mol. The summed E-state index contributed by atoms with van der Waals surface area (Å²) in [6.07, 6.45) is -1.36. The van der Waals surface area contributed by atoms with Gasteiger partial charge in [-0.1, -0.05) is 36.4 Å². The van der Waals surface area contributed by atoms with E-state index in [-0.39, 0.29) is 16.4 Å². The van der Waals surface area contributed by atoms with Crippen molar-refractivity contribution in [2.24, 2.45) is 0 Å². The standard InChI is InChI=1S/C28H23F3N4O3S/c29-28(30,31)22-6-2-1-5-21(22)18-35-26(37)23(39-27(35)38)17-19-8-10-20(11-9-19)25(36)34-15-13-33(14-16-34)24-7-3-4-12-32-24/h1-12,17H,13-16,18H2/b23-17-. The lowest BCUT2D eigenvalue weighted by atomic mass is 10.1. The summed E-state index contributed by atoms with van der Waals surface area (Å²) in [5, 5.41) is -0.639. The second-order valence-corrected chi connectivity index (χ2v) is 10.0. The molecule has 200 valence electrons. The Kier molecular flexibility index (Phi) is 7.42. The zero-order chi connectivity index (χ0) is 27.6. The number of alkyl halides is 3. The number of pyridine rings is 1. The maximum atomic E-state index is 13.3. The van der Waals surface area contributed by atoms with E-state index < -0.39 is 29.4 Å². The molecule has 39 heavy (non-hydrogen) atoms. The Morgan fingerprint density at radius 3 is 2.28 bits per heavy atom. The van der Waals surface area contributed by atoms with Crippen molar-refractivity contribution in [2.45, 2.75) is 12.7 Å². The van der Waals surface area contributed by atoms with Crippen molar-refractivity contribution in [1.82, 2.24) is 14.8 Å². The number of thioether (sulfide) groups is 1. The summed E-state index contributed by atoms with van der Waals surface area (Å²) >= 11 is 0.673. The number of carbonyl (C=O) groups is 3. The molecule has 2 saturated heterocycles. The molecule has 0 bridgehead atoms. The van der Waals surface area contributed by atoms with Gasteiger partial charge in [-0.15, -0.1) is 0 Å². The van der Waals surface area contributed by atoms with Crippen LogP contribution in [0.25, 0.3) is 6.08 Å². The third-order valence-electron chi connectivity index (χ3n) is 6.52. The van der Waals surface area contributed by atoms with Crippen molar-refractivity contribution in [1.29, 1.82) is 0 Å². The number of hydrogen-bond acceptors (Lipinski definition) is 6. The van der Waals surface area contributed by atoms with Crippen molar-refractivity contribution >= 4 is 40.7 Å². The number of halogens is 3. The van der Waals surface area contributed by atoms with Crippen LogP contribution in [0.2, 0.25) is 0 Å². The van der Waals surface area contributed by atoms with Crippen LogP contribution in [-0.4, -0.2) is 58.0 Å². The Bertz CT molecular complexity index is 1420. The SMILES string of the molecule is O=C(c1ccc(/C=C2\SC(=O)N(Cc3ccccc3C(F)(F)F)C2=O)cc1)N1CCN(c2ccccn2)CC1. The molecule has 3 amide bonds. The molecular formula is C28H23F3N4O3S. The zero-order valence-corrected chi connectivity index (χ0v) is 21.4. The Morgan fingerprint density at radius 2 is 1.62 bits per heavy atom. The molecule has 3 aromatic rings. The molecule has 0 saturated carbocycles. The summed E-state index contributed by atoms with van der Waals surface area (Å²) in [6, 6.07) is 17.2. The number of benzene rings is 2. The van der Waals surface area contributed by atoms with Crippen molar-refractivity contribution in [3.8, 4) is 0 Å². The van der Waals surface area contributed by atoms with E-state index in [9.17, 15) is 27.6 Å². The molecule has 11 heteroatoms. The van der Waals surface area contributed by atoms with E-state index >= 15 is 0 Å². The second kappa shape index (κ2) is 10.9. The Balaban J connectivity index is 1.23. The summed E-state index contributed by atoms with van der Waals surface area (Å²) in [7, 11) is 0. The molecule has 0 atom stereocenters. The number of aromatic nitrogens is 1. The molecule has 0 N–H and O–H groups in total. The van der Waals surface area contributed by atoms with Gasteiger partial charge in [0.15, 0.2) is 0 Å². The molecule has 0 aliphatic carbocycles. The molecule has 2 aromatic carbocycles. The highest BCUT2D eigenvalue weighted by Gasteiger charge is 2.38. The lowest BCUT2D eigenvalue weighted by Gasteiger charge is -2.35. The average molecular weight is 553 g/mol. The third-order valence-corrected chi connectivity index (χ3v) is 7.43. The zero-order valence-electron chi connectivity index (χ0n) is 20.6. The summed E-state index contributed by atoms with van der Waals surface area (Å²) in [5.41, 5.74) is 0.0479. The van der Waals surface area contributed by atoms with Crippen molar-refractivity contribution in [2.75, 3.05) is 31.1 Å². The maximum absolute atomic E-state index is 13.3. The average Bonchev–Trinajstić information content (AvgIpc) is 3.20. The van der Waals surface area contributed by atoms with Gasteiger partial charge < -0.3 is 9.80 Å². The highest BCUT2D eigenvalue weighted by Crippen LogP contribution is 2.36. The van der Waals surface area contributed by atoms with Crippen LogP contribution in [0.5, 0.6) is 0 Å². The first kappa shape index (κ1) is 26.5. The normalized spacial score (nSPS) is 17.3. The van der Waals surface area contributed by atoms with E-state index in [1.165, 1.54) is 24.3 Å². The van der Waals surface area contributed by atoms with Gasteiger partial charge in [-0.25, -0.2) is 4.98 Å². The molecule has 5 rings (SSSR count). The molecule has 7 nitrogen and oxygen atoms in total. The van der Waals surface area contributed by atoms with Crippen molar-refractivity contribution in [3.05, 3.63) is 100 Å². The van der Waals surface area contributed by atoms with Gasteiger partial charge in [0.2, 0.25) is 0 Å². The van der Waals surface area contributed by atoms with E-state index in [2.05, 4.69) is 9.88 Å². The lowest BCUT2D eigenvalue weighted by Crippen LogP contribution is -2.49. The molecule has 2 aliphatic rings. The Labute approximate surface area is 226 Å². The van der Waals surface area contributed by atoms with Crippen LogP contribution in [0.3, 0.4) is 0 Å². The molecular weight excluding hydrogens is 529 g/mol. The first-order valence-corrected chi connectivity index (χ1v) is 13.0. The van der Waals surface area contributed by atoms with Crippen LogP contribution in [0.1, 0.15) is 27.0 Å². The molecule has 1 aromatic heterocycles. The van der Waals surface area contributed by atoms with Gasteiger partial charge in [-0.05, 0) is 59.3 Å². The predicted octanol–water partition coefficient (Wildman–Crippen LogP) is 5.30. The number of anilines is 1. The molecule has 0 unspecified atom stereocenters. The Hall–Kier alpha value is -4.12. The second-order valence-electron chi connectivity index (χ2n) is 9.01. The quantitative estimate of drug-likeness (QED) is 0.400. The number of carbonyl (C=O) groups excluding carboxylic acids is 3. The maximum Gasteiger partial charge on any atom is 0.416 e. The molecule has 2 fully saturated rings. The van der Waals surface area contributed by atoms with E-state index in [1.54, 1.807) is 35.4 Å². The molecule has 3 heterocycles. The summed E-state index contributed by atoms with van der Waals surface area (Å²) in [4.78, 5) is 47.5. The smallest absolute Gasteiger partial charge is 0.353 e. The number of piperazine rings is 1. The van der Waals surface area contributed by atoms with Crippen molar-refractivity contribution in [3.63, 3.8) is 0 Å². The van der Waals surface area contributed by atoms with Gasteiger partial charge in [-0.2, -0.15) is 13.2 Å². The number of amides is 3. The summed E-state index contributed by atoms with van der Waals surface area (Å²) < 4.78 is 40.0. The highest BCUT2D eigenvalue weighted by atomic mass is 32.2. The van der Waals surface area contributed by atoms with Gasteiger partial charge in [0.25, 0.3) is 17.1 Å². The first-order valence-electron chi connectivity index (χ1n) is 12.2. The van der Waals surface area contributed by atoms with Gasteiger partial charge in [0, 0.05) is 37.9 Å². The first-order chi connectivity index (χ1) is 18.7. The minimum Gasteiger partial charge on any atom is -0.353 e. The summed E-state index contributed by atoms with van der Waals surface area (Å²) in [6.45, 7) is 1.98. The molecule has 0 spiro atoms. The number of rotatable bonds is 5. The van der Waals surface area contributed by atoms with E-state index in [4.69, 9.17) is 0 Å². The molecule has 0 radical (unpaired) electrons. The van der Waals surface area contributed by atoms with Gasteiger partial charge in [0.1, 0.15) is 5.82 Å². The van der Waals surface area contributed by atoms with Gasteiger partial charge in [-0.3, -0.25) is 19.3 Å². The monoisotopic (exact) mass is 552 g/mol. The fraction of sp³-hybridized carbons (Fsp3) is 0.214. The van der Waals surface area contributed by atoms with Gasteiger partial charge in [0.05, 0.1) is 17.0 Å². The van der Waals surface area contributed by atoms with Crippen LogP contribution in [0, 0.1) is 0 Å². The fourth-order valence-corrected chi connectivity index (χ4v) is 5.31. The van der Waals surface area contributed by atoms with E-state index in [1.807, 2.05) is 18.2 Å². The minimum atomic E-state index is -4.60. The van der Waals surface area contributed by atoms with E-state index in [0.29, 0.717) is 49.1 Å². The van der Waals surface area contributed by atoms with Gasteiger partial charge >= 0.3 is 6.18 Å². The largest absolute Gasteiger partial charge is 0.416 e. The minimum absolute atomic E-state index is 0.106. The summed E-state index contributed by atoms with van der Waals surface area (Å²) in [5.74, 6) is 0.113. The highest BCUT2D eigenvalue weighted by molar-refractivity contribution is 8.18. The number of hydrogen-bond donors (Lipinski definition) is 0.